The maximum atomic E-state index is 12.9. The van der Waals surface area contributed by atoms with E-state index in [1.165, 1.54) is 19.2 Å². The molecule has 0 aliphatic rings. The number of alkyl halides is 1. The van der Waals surface area contributed by atoms with E-state index in [9.17, 15) is 8.78 Å². The zero-order chi connectivity index (χ0) is 9.84. The minimum Gasteiger partial charge on any atom is -0.497 e. The van der Waals surface area contributed by atoms with Crippen molar-refractivity contribution in [2.45, 2.75) is 6.92 Å². The highest BCUT2D eigenvalue weighted by molar-refractivity contribution is 5.37. The molecule has 1 nitrogen and oxygen atoms in total. The van der Waals surface area contributed by atoms with E-state index in [0.717, 1.165) is 0 Å². The van der Waals surface area contributed by atoms with E-state index in [0.29, 0.717) is 17.2 Å². The highest BCUT2D eigenvalue weighted by Crippen LogP contribution is 2.22. The molecule has 0 fully saturated rings. The van der Waals surface area contributed by atoms with Crippen LogP contribution in [0, 0.1) is 11.7 Å². The molecule has 1 rings (SSSR count). The Kier molecular flexibility index (Phi) is 3.23. The van der Waals surface area contributed by atoms with Crippen molar-refractivity contribution in [3.63, 3.8) is 0 Å². The Bertz CT molecular complexity index is 286. The predicted octanol–water partition coefficient (Wildman–Crippen LogP) is 2.75. The topological polar surface area (TPSA) is 9.23 Å². The van der Waals surface area contributed by atoms with Gasteiger partial charge in [-0.1, -0.05) is 6.92 Å². The van der Waals surface area contributed by atoms with Crippen molar-refractivity contribution in [1.82, 2.24) is 0 Å². The summed E-state index contributed by atoms with van der Waals surface area (Å²) in [5, 5.41) is 0. The van der Waals surface area contributed by atoms with Crippen LogP contribution in [-0.2, 0) is 0 Å². The second-order valence-electron chi connectivity index (χ2n) is 2.79. The van der Waals surface area contributed by atoms with E-state index in [4.69, 9.17) is 4.74 Å². The molecule has 0 atom stereocenters. The summed E-state index contributed by atoms with van der Waals surface area (Å²) in [4.78, 5) is 0. The van der Waals surface area contributed by atoms with Crippen LogP contribution < -0.4 is 4.74 Å². The van der Waals surface area contributed by atoms with Gasteiger partial charge in [0.25, 0.3) is 0 Å². The zero-order valence-electron chi connectivity index (χ0n) is 7.60. The van der Waals surface area contributed by atoms with Gasteiger partial charge < -0.3 is 4.74 Å². The lowest BCUT2D eigenvalue weighted by Crippen LogP contribution is -1.98. The molecule has 0 aliphatic carbocycles. The number of halogens is 2. The Morgan fingerprint density at radius 1 is 1.38 bits per heavy atom. The van der Waals surface area contributed by atoms with Gasteiger partial charge >= 0.3 is 0 Å². The minimum atomic E-state index is -0.577. The van der Waals surface area contributed by atoms with Crippen LogP contribution in [0.5, 0.6) is 5.75 Å². The molecule has 71 valence electrons. The molecule has 0 unspecified atom stereocenters. The summed E-state index contributed by atoms with van der Waals surface area (Å²) in [7, 11) is 1.45. The minimum absolute atomic E-state index is 0.405. The van der Waals surface area contributed by atoms with Gasteiger partial charge in [-0.15, -0.1) is 0 Å². The van der Waals surface area contributed by atoms with Crippen LogP contribution in [0.1, 0.15) is 12.5 Å². The van der Waals surface area contributed by atoms with Gasteiger partial charge in [0.05, 0.1) is 13.8 Å². The maximum Gasteiger partial charge on any atom is 0.127 e. The summed E-state index contributed by atoms with van der Waals surface area (Å²) >= 11 is 0. The molecule has 13 heavy (non-hydrogen) atoms. The van der Waals surface area contributed by atoms with E-state index < -0.39 is 12.5 Å². The van der Waals surface area contributed by atoms with Gasteiger partial charge in [-0.3, -0.25) is 4.39 Å². The lowest BCUT2D eigenvalue weighted by Gasteiger charge is -2.08. The van der Waals surface area contributed by atoms with Crippen molar-refractivity contribution in [2.75, 3.05) is 13.8 Å². The Balaban J connectivity index is 3.01. The first-order chi connectivity index (χ1) is 6.17. The molecule has 1 aromatic rings. The molecule has 0 heterocycles. The normalized spacial score (nSPS) is 10.5. The molecule has 0 saturated heterocycles. The molecule has 1 aromatic carbocycles. The Morgan fingerprint density at radius 3 is 2.62 bits per heavy atom. The Morgan fingerprint density at radius 2 is 2.08 bits per heavy atom. The summed E-state index contributed by atoms with van der Waals surface area (Å²) < 4.78 is 30.0. The molecule has 0 saturated carbocycles. The smallest absolute Gasteiger partial charge is 0.127 e. The number of ether oxygens (including phenoxy) is 1. The first-order valence-electron chi connectivity index (χ1n) is 3.90. The lowest BCUT2D eigenvalue weighted by molar-refractivity contribution is 0.410. The molecule has 3 heteroatoms. The standard InChI is InChI=1S/C10H11F2O/c1-7(6-11)8-3-9(12)5-10(4-8)13-2/h3-5H,6H2,1-2H3. The number of benzene rings is 1. The molecule has 0 N–H and O–H groups in total. The second kappa shape index (κ2) is 4.21. The highest BCUT2D eigenvalue weighted by Gasteiger charge is 2.08. The molecular weight excluding hydrogens is 174 g/mol. The quantitative estimate of drug-likeness (QED) is 0.703. The Labute approximate surface area is 76.3 Å². The summed E-state index contributed by atoms with van der Waals surface area (Å²) in [6.45, 7) is 1.04. The van der Waals surface area contributed by atoms with Gasteiger partial charge in [0.2, 0.25) is 0 Å². The SMILES string of the molecule is COc1cc(F)cc([C](C)CF)c1. The van der Waals surface area contributed by atoms with E-state index in [2.05, 4.69) is 0 Å². The van der Waals surface area contributed by atoms with E-state index >= 15 is 0 Å². The van der Waals surface area contributed by atoms with Crippen LogP contribution >= 0.6 is 0 Å². The summed E-state index contributed by atoms with van der Waals surface area (Å²) in [5.74, 6) is 0.489. The van der Waals surface area contributed by atoms with E-state index in [1.807, 2.05) is 0 Å². The van der Waals surface area contributed by atoms with Gasteiger partial charge in [0.1, 0.15) is 11.6 Å². The average Bonchev–Trinajstić information content (AvgIpc) is 2.15. The molecular formula is C10H11F2O. The van der Waals surface area contributed by atoms with Gasteiger partial charge in [0, 0.05) is 12.0 Å². The fourth-order valence-electron chi connectivity index (χ4n) is 1.00. The third-order valence-electron chi connectivity index (χ3n) is 1.80. The molecule has 0 spiro atoms. The fourth-order valence-corrected chi connectivity index (χ4v) is 1.00. The third kappa shape index (κ3) is 2.41. The van der Waals surface area contributed by atoms with Crippen molar-refractivity contribution >= 4 is 0 Å². The number of methoxy groups -OCH3 is 1. The van der Waals surface area contributed by atoms with Gasteiger partial charge in [-0.05, 0) is 17.7 Å². The zero-order valence-corrected chi connectivity index (χ0v) is 7.60. The number of rotatable bonds is 3. The molecule has 0 bridgehead atoms. The van der Waals surface area contributed by atoms with Gasteiger partial charge in [-0.2, -0.15) is 0 Å². The van der Waals surface area contributed by atoms with Crippen LogP contribution in [-0.4, -0.2) is 13.8 Å². The largest absolute Gasteiger partial charge is 0.497 e. The Hall–Kier alpha value is -1.12. The maximum absolute atomic E-state index is 12.9. The van der Waals surface area contributed by atoms with Gasteiger partial charge in [0.15, 0.2) is 0 Å². The summed E-state index contributed by atoms with van der Waals surface area (Å²) in [5.41, 5.74) is 0.541. The highest BCUT2D eigenvalue weighted by atomic mass is 19.1. The van der Waals surface area contributed by atoms with Crippen LogP contribution in [0.2, 0.25) is 0 Å². The van der Waals surface area contributed by atoms with E-state index in [1.54, 1.807) is 13.0 Å². The fraction of sp³-hybridized carbons (Fsp3) is 0.300. The molecule has 0 aliphatic heterocycles. The predicted molar refractivity (Wildman–Crippen MR) is 46.9 cm³/mol. The molecule has 1 radical (unpaired) electrons. The van der Waals surface area contributed by atoms with Crippen molar-refractivity contribution in [2.24, 2.45) is 0 Å². The van der Waals surface area contributed by atoms with Crippen LogP contribution in [0.4, 0.5) is 8.78 Å². The van der Waals surface area contributed by atoms with Gasteiger partial charge in [-0.25, -0.2) is 4.39 Å². The molecule has 0 amide bonds. The van der Waals surface area contributed by atoms with Crippen LogP contribution in [0.15, 0.2) is 18.2 Å². The second-order valence-corrected chi connectivity index (χ2v) is 2.79. The van der Waals surface area contributed by atoms with Crippen LogP contribution in [0.25, 0.3) is 0 Å². The van der Waals surface area contributed by atoms with Crippen molar-refractivity contribution < 1.29 is 13.5 Å². The molecule has 0 aromatic heterocycles. The first-order valence-corrected chi connectivity index (χ1v) is 3.90. The van der Waals surface area contributed by atoms with Crippen molar-refractivity contribution in [3.05, 3.63) is 35.5 Å². The number of hydrogen-bond acceptors (Lipinski definition) is 1. The van der Waals surface area contributed by atoms with Crippen molar-refractivity contribution in [1.29, 1.82) is 0 Å². The average molecular weight is 185 g/mol. The third-order valence-corrected chi connectivity index (χ3v) is 1.80. The number of hydrogen-bond donors (Lipinski definition) is 0. The van der Waals surface area contributed by atoms with E-state index in [-0.39, 0.29) is 0 Å². The lowest BCUT2D eigenvalue weighted by atomic mass is 10.0. The first kappa shape index (κ1) is 9.96. The van der Waals surface area contributed by atoms with Crippen LogP contribution in [0.3, 0.4) is 0 Å². The summed E-state index contributed by atoms with van der Waals surface area (Å²) in [6.07, 6.45) is 0. The summed E-state index contributed by atoms with van der Waals surface area (Å²) in [6, 6.07) is 4.16. The monoisotopic (exact) mass is 185 g/mol. The van der Waals surface area contributed by atoms with Crippen molar-refractivity contribution in [3.8, 4) is 5.75 Å².